The van der Waals surface area contributed by atoms with Gasteiger partial charge in [0.2, 0.25) is 0 Å². The van der Waals surface area contributed by atoms with Crippen molar-refractivity contribution in [2.45, 2.75) is 13.1 Å². The summed E-state index contributed by atoms with van der Waals surface area (Å²) in [6, 6.07) is 6.58. The van der Waals surface area contributed by atoms with E-state index < -0.39 is 17.6 Å². The van der Waals surface area contributed by atoms with Crippen molar-refractivity contribution in [3.63, 3.8) is 0 Å². The van der Waals surface area contributed by atoms with Gasteiger partial charge in [0.15, 0.2) is 11.5 Å². The largest absolute Gasteiger partial charge is 0.418 e. The van der Waals surface area contributed by atoms with Gasteiger partial charge >= 0.3 is 6.18 Å². The molecule has 0 radical (unpaired) electrons. The molecule has 0 aliphatic heterocycles. The van der Waals surface area contributed by atoms with Gasteiger partial charge in [-0.15, -0.1) is 0 Å². The summed E-state index contributed by atoms with van der Waals surface area (Å²) < 4.78 is 41.5. The van der Waals surface area contributed by atoms with Crippen molar-refractivity contribution < 1.29 is 18.0 Å². The molecule has 5 rings (SSSR count). The lowest BCUT2D eigenvalue weighted by molar-refractivity contribution is -0.136. The molecule has 0 spiro atoms. The maximum absolute atomic E-state index is 13.4. The van der Waals surface area contributed by atoms with E-state index in [1.54, 1.807) is 13.0 Å². The molecule has 9 nitrogen and oxygen atoms in total. The molecule has 12 heteroatoms. The predicted molar refractivity (Wildman–Crippen MR) is 108 cm³/mol. The van der Waals surface area contributed by atoms with Gasteiger partial charge in [0, 0.05) is 17.6 Å². The number of rotatable bonds is 3. The smallest absolute Gasteiger partial charge is 0.340 e. The van der Waals surface area contributed by atoms with Crippen LogP contribution in [0.4, 0.5) is 19.0 Å². The van der Waals surface area contributed by atoms with Gasteiger partial charge in [-0.25, -0.2) is 15.0 Å². The number of aromatic amines is 1. The van der Waals surface area contributed by atoms with Crippen LogP contribution >= 0.6 is 0 Å². The van der Waals surface area contributed by atoms with Gasteiger partial charge in [-0.2, -0.15) is 23.0 Å². The summed E-state index contributed by atoms with van der Waals surface area (Å²) in [5.41, 5.74) is 0.349. The number of hydrogen-bond acceptors (Lipinski definition) is 6. The summed E-state index contributed by atoms with van der Waals surface area (Å²) in [4.78, 5) is 32.2. The lowest BCUT2D eigenvalue weighted by atomic mass is 10.0. The van der Waals surface area contributed by atoms with Crippen molar-refractivity contribution in [1.82, 2.24) is 34.7 Å². The number of nitrogens with one attached hydrogen (secondary N) is 2. The van der Waals surface area contributed by atoms with E-state index in [9.17, 15) is 18.0 Å². The Morgan fingerprint density at radius 1 is 1.12 bits per heavy atom. The van der Waals surface area contributed by atoms with Crippen LogP contribution in [0.25, 0.3) is 27.9 Å². The molecule has 0 fully saturated rings. The molecule has 0 aliphatic carbocycles. The minimum Gasteiger partial charge on any atom is -0.340 e. The van der Waals surface area contributed by atoms with Crippen molar-refractivity contribution in [3.05, 3.63) is 66.0 Å². The Balaban J connectivity index is 1.58. The molecule has 0 unspecified atom stereocenters. The van der Waals surface area contributed by atoms with E-state index in [1.165, 1.54) is 41.7 Å². The molecule has 2 N–H and O–H groups in total. The highest BCUT2D eigenvalue weighted by Crippen LogP contribution is 2.34. The third-order valence-corrected chi connectivity index (χ3v) is 4.80. The molecule has 1 aromatic carbocycles. The number of anilines is 1. The minimum atomic E-state index is -4.60. The summed E-state index contributed by atoms with van der Waals surface area (Å²) >= 11 is 0. The number of aryl methyl sites for hydroxylation is 1. The second-order valence-corrected chi connectivity index (χ2v) is 6.89. The van der Waals surface area contributed by atoms with E-state index in [4.69, 9.17) is 0 Å². The normalized spacial score (nSPS) is 11.9. The number of benzene rings is 1. The number of carbonyl (C=O) groups excluding carboxylic acids is 1. The fourth-order valence-corrected chi connectivity index (χ4v) is 3.45. The zero-order valence-electron chi connectivity index (χ0n) is 16.3. The topological polar surface area (TPSA) is 114 Å². The third-order valence-electron chi connectivity index (χ3n) is 4.80. The number of para-hydroxylation sites is 1. The second kappa shape index (κ2) is 7.11. The zero-order chi connectivity index (χ0) is 22.5. The maximum atomic E-state index is 13.4. The lowest BCUT2D eigenvalue weighted by Gasteiger charge is -2.12. The highest BCUT2D eigenvalue weighted by atomic mass is 19.4. The van der Waals surface area contributed by atoms with Crippen molar-refractivity contribution in [3.8, 4) is 5.82 Å². The van der Waals surface area contributed by atoms with Crippen molar-refractivity contribution in [1.29, 1.82) is 0 Å². The molecule has 4 aromatic heterocycles. The second-order valence-electron chi connectivity index (χ2n) is 6.89. The van der Waals surface area contributed by atoms with Crippen molar-refractivity contribution in [2.24, 2.45) is 0 Å². The van der Waals surface area contributed by atoms with Gasteiger partial charge in [-0.05, 0) is 19.1 Å². The first kappa shape index (κ1) is 19.6. The summed E-state index contributed by atoms with van der Waals surface area (Å²) in [5.74, 6) is 0.0154. The standard InChI is InChI=1S/C20H13F3N8O/c1-10-7-14(31(30-10)18-16-17(26-8-25-16)27-9-28-18)29-19(32)12-5-6-24-15-11(12)3-2-4-13(15)20(21,22)23/h2-9H,1H3,(H,29,32)(H,25,26,27,28). The number of fused-ring (bicyclic) bond motifs is 2. The molecule has 0 bridgehead atoms. The fraction of sp³-hybridized carbons (Fsp3) is 0.100. The van der Waals surface area contributed by atoms with Crippen LogP contribution < -0.4 is 5.32 Å². The third kappa shape index (κ3) is 3.21. The van der Waals surface area contributed by atoms with Crippen LogP contribution in [0.3, 0.4) is 0 Å². The molecular weight excluding hydrogens is 425 g/mol. The van der Waals surface area contributed by atoms with Gasteiger partial charge in [-0.3, -0.25) is 9.78 Å². The van der Waals surface area contributed by atoms with Gasteiger partial charge in [0.25, 0.3) is 5.91 Å². The van der Waals surface area contributed by atoms with E-state index in [0.29, 0.717) is 22.7 Å². The Bertz CT molecular complexity index is 1490. The molecule has 32 heavy (non-hydrogen) atoms. The summed E-state index contributed by atoms with van der Waals surface area (Å²) in [6.07, 6.45) is -0.650. The molecule has 0 atom stereocenters. The Hall–Kier alpha value is -4.35. The SMILES string of the molecule is Cc1cc(NC(=O)c2ccnc3c(C(F)(F)F)cccc23)n(-c2ncnc3nc[nH]c23)n1. The molecule has 1 amide bonds. The number of amides is 1. The average molecular weight is 438 g/mol. The van der Waals surface area contributed by atoms with Gasteiger partial charge in [0.1, 0.15) is 17.7 Å². The molecule has 5 aromatic rings. The van der Waals surface area contributed by atoms with Crippen molar-refractivity contribution in [2.75, 3.05) is 5.32 Å². The number of halogens is 3. The van der Waals surface area contributed by atoms with Crippen LogP contribution in [0.2, 0.25) is 0 Å². The predicted octanol–water partition coefficient (Wildman–Crippen LogP) is 3.67. The average Bonchev–Trinajstić information content (AvgIpc) is 3.38. The van der Waals surface area contributed by atoms with E-state index in [2.05, 4.69) is 35.3 Å². The van der Waals surface area contributed by atoms with E-state index in [0.717, 1.165) is 6.07 Å². The maximum Gasteiger partial charge on any atom is 0.418 e. The molecule has 0 saturated heterocycles. The van der Waals surface area contributed by atoms with E-state index in [-0.39, 0.29) is 22.3 Å². The van der Waals surface area contributed by atoms with E-state index in [1.807, 2.05) is 0 Å². The number of hydrogen-bond donors (Lipinski definition) is 2. The van der Waals surface area contributed by atoms with E-state index >= 15 is 0 Å². The number of aromatic nitrogens is 7. The monoisotopic (exact) mass is 438 g/mol. The molecule has 4 heterocycles. The molecule has 0 aliphatic rings. The van der Waals surface area contributed by atoms with Gasteiger partial charge < -0.3 is 10.3 Å². The molecule has 160 valence electrons. The number of imidazole rings is 1. The Kier molecular flexibility index (Phi) is 4.36. The van der Waals surface area contributed by atoms with Crippen LogP contribution in [-0.4, -0.2) is 40.6 Å². The summed E-state index contributed by atoms with van der Waals surface area (Å²) in [5, 5.41) is 7.16. The Labute approximate surface area is 177 Å². The first-order chi connectivity index (χ1) is 15.3. The van der Waals surface area contributed by atoms with Crippen LogP contribution in [0.15, 0.2) is 49.2 Å². The lowest BCUT2D eigenvalue weighted by Crippen LogP contribution is -2.17. The first-order valence-electron chi connectivity index (χ1n) is 9.30. The summed E-state index contributed by atoms with van der Waals surface area (Å²) in [7, 11) is 0. The summed E-state index contributed by atoms with van der Waals surface area (Å²) in [6.45, 7) is 1.73. The van der Waals surface area contributed by atoms with Crippen LogP contribution in [-0.2, 0) is 6.18 Å². The number of nitrogens with zero attached hydrogens (tertiary/aromatic N) is 6. The highest BCUT2D eigenvalue weighted by molar-refractivity contribution is 6.12. The fourth-order valence-electron chi connectivity index (χ4n) is 3.45. The first-order valence-corrected chi connectivity index (χ1v) is 9.30. The van der Waals surface area contributed by atoms with Gasteiger partial charge in [-0.1, -0.05) is 12.1 Å². The number of pyridine rings is 1. The zero-order valence-corrected chi connectivity index (χ0v) is 16.3. The highest BCUT2D eigenvalue weighted by Gasteiger charge is 2.33. The van der Waals surface area contributed by atoms with Crippen LogP contribution in [0, 0.1) is 6.92 Å². The number of carbonyl (C=O) groups is 1. The van der Waals surface area contributed by atoms with Crippen LogP contribution in [0.5, 0.6) is 0 Å². The van der Waals surface area contributed by atoms with Crippen molar-refractivity contribution >= 4 is 33.8 Å². The Morgan fingerprint density at radius 3 is 2.78 bits per heavy atom. The van der Waals surface area contributed by atoms with Crippen LogP contribution in [0.1, 0.15) is 21.6 Å². The quantitative estimate of drug-likeness (QED) is 0.444. The molecular formula is C20H13F3N8O. The minimum absolute atomic E-state index is 0.0425. The molecule has 0 saturated carbocycles. The Morgan fingerprint density at radius 2 is 1.97 bits per heavy atom. The van der Waals surface area contributed by atoms with Gasteiger partial charge in [0.05, 0.1) is 28.7 Å². The number of H-pyrrole nitrogens is 1. The number of alkyl halides is 3.